The number of carbonyl (C=O) groups excluding carboxylic acids is 1. The summed E-state index contributed by atoms with van der Waals surface area (Å²) in [5.41, 5.74) is 2.72. The minimum atomic E-state index is -0.718. The second kappa shape index (κ2) is 9.12. The molecule has 7 heteroatoms. The minimum absolute atomic E-state index is 0.00855. The van der Waals surface area contributed by atoms with Crippen LogP contribution < -0.4 is 5.32 Å². The largest absolute Gasteiger partial charge is 0.392 e. The van der Waals surface area contributed by atoms with Crippen molar-refractivity contribution >= 4 is 16.9 Å². The molecule has 1 aromatic heterocycles. The Morgan fingerprint density at radius 2 is 2.12 bits per heavy atom. The molecule has 2 rings (SSSR count). The highest BCUT2D eigenvalue weighted by molar-refractivity contribution is 5.77. The number of hydrogen-bond donors (Lipinski definition) is 3. The van der Waals surface area contributed by atoms with Crippen molar-refractivity contribution in [3.63, 3.8) is 0 Å². The van der Waals surface area contributed by atoms with Crippen LogP contribution in [0.25, 0.3) is 11.0 Å². The first-order valence-electron chi connectivity index (χ1n) is 8.98. The molecule has 0 unspecified atom stereocenters. The van der Waals surface area contributed by atoms with Crippen LogP contribution in [0.1, 0.15) is 24.7 Å². The highest BCUT2D eigenvalue weighted by Gasteiger charge is 2.21. The van der Waals surface area contributed by atoms with Crippen molar-refractivity contribution < 1.29 is 15.0 Å². The number of aliphatic hydroxyl groups is 2. The highest BCUT2D eigenvalue weighted by atomic mass is 16.3. The quantitative estimate of drug-likeness (QED) is 0.613. The van der Waals surface area contributed by atoms with Crippen LogP contribution in [0, 0.1) is 5.92 Å². The van der Waals surface area contributed by atoms with Crippen molar-refractivity contribution in [2.45, 2.75) is 39.0 Å². The lowest BCUT2D eigenvalue weighted by Crippen LogP contribution is -2.29. The molecule has 1 heterocycles. The summed E-state index contributed by atoms with van der Waals surface area (Å²) in [6.07, 6.45) is -0.0519. The number of aromatic nitrogens is 2. The number of likely N-dealkylation sites (N-methyl/N-ethyl adjacent to an activating group) is 1. The lowest BCUT2D eigenvalue weighted by molar-refractivity contribution is -0.123. The standard InChI is InChI=1S/C19H30N4O3/c1-13(17(25)11-19(26)20-2)9-18-21-15-6-5-14(12-24)10-16(15)23(18)8-7-22(3)4/h5-6,10,13,17,24-25H,7-9,11-12H2,1-4H3,(H,20,26)/t13-,17+/m1/s1. The van der Waals surface area contributed by atoms with Crippen molar-refractivity contribution in [1.29, 1.82) is 0 Å². The van der Waals surface area contributed by atoms with Crippen molar-refractivity contribution in [2.75, 3.05) is 27.7 Å². The number of nitrogens with one attached hydrogen (secondary N) is 1. The molecule has 0 saturated heterocycles. The molecule has 0 aliphatic heterocycles. The third kappa shape index (κ3) is 5.03. The molecule has 1 amide bonds. The van der Waals surface area contributed by atoms with Crippen LogP contribution in [0.3, 0.4) is 0 Å². The normalized spacial score (nSPS) is 14.0. The Hall–Kier alpha value is -1.96. The number of carbonyl (C=O) groups is 1. The van der Waals surface area contributed by atoms with Gasteiger partial charge in [0.1, 0.15) is 5.82 Å². The van der Waals surface area contributed by atoms with E-state index >= 15 is 0 Å². The first-order valence-corrected chi connectivity index (χ1v) is 8.98. The van der Waals surface area contributed by atoms with Crippen LogP contribution in [0.15, 0.2) is 18.2 Å². The average molecular weight is 362 g/mol. The van der Waals surface area contributed by atoms with E-state index in [4.69, 9.17) is 4.98 Å². The molecular formula is C19H30N4O3. The van der Waals surface area contributed by atoms with Crippen LogP contribution in [0.5, 0.6) is 0 Å². The topological polar surface area (TPSA) is 90.6 Å². The first-order chi connectivity index (χ1) is 12.3. The summed E-state index contributed by atoms with van der Waals surface area (Å²) in [6, 6.07) is 5.76. The molecule has 26 heavy (non-hydrogen) atoms. The third-order valence-electron chi connectivity index (χ3n) is 4.68. The fourth-order valence-electron chi connectivity index (χ4n) is 2.94. The summed E-state index contributed by atoms with van der Waals surface area (Å²) in [6.45, 7) is 3.55. The number of fused-ring (bicyclic) bond motifs is 1. The second-order valence-corrected chi connectivity index (χ2v) is 7.09. The van der Waals surface area contributed by atoms with Crippen molar-refractivity contribution in [3.8, 4) is 0 Å². The molecular weight excluding hydrogens is 332 g/mol. The molecule has 0 aliphatic rings. The Bertz CT molecular complexity index is 742. The highest BCUT2D eigenvalue weighted by Crippen LogP contribution is 2.22. The maximum Gasteiger partial charge on any atom is 0.222 e. The van der Waals surface area contributed by atoms with Gasteiger partial charge in [0.15, 0.2) is 0 Å². The van der Waals surface area contributed by atoms with E-state index in [1.807, 2.05) is 39.2 Å². The molecule has 3 N–H and O–H groups in total. The lowest BCUT2D eigenvalue weighted by atomic mass is 9.97. The van der Waals surface area contributed by atoms with E-state index in [-0.39, 0.29) is 24.9 Å². The van der Waals surface area contributed by atoms with Crippen molar-refractivity contribution in [1.82, 2.24) is 19.8 Å². The Morgan fingerprint density at radius 1 is 1.38 bits per heavy atom. The predicted molar refractivity (Wildman–Crippen MR) is 102 cm³/mol. The van der Waals surface area contributed by atoms with Gasteiger partial charge in [-0.3, -0.25) is 4.79 Å². The van der Waals surface area contributed by atoms with Gasteiger partial charge < -0.3 is 25.0 Å². The van der Waals surface area contributed by atoms with Gasteiger partial charge in [-0.25, -0.2) is 4.98 Å². The van der Waals surface area contributed by atoms with Crippen LogP contribution in [0.4, 0.5) is 0 Å². The molecule has 2 atom stereocenters. The van der Waals surface area contributed by atoms with Crippen LogP contribution >= 0.6 is 0 Å². The fraction of sp³-hybridized carbons (Fsp3) is 0.579. The number of rotatable bonds is 9. The van der Waals surface area contributed by atoms with Gasteiger partial charge in [0.05, 0.1) is 30.2 Å². The monoisotopic (exact) mass is 362 g/mol. The number of hydrogen-bond acceptors (Lipinski definition) is 5. The van der Waals surface area contributed by atoms with E-state index < -0.39 is 6.10 Å². The summed E-state index contributed by atoms with van der Waals surface area (Å²) < 4.78 is 2.15. The fourth-order valence-corrected chi connectivity index (χ4v) is 2.94. The Labute approximate surface area is 154 Å². The van der Waals surface area contributed by atoms with Crippen LogP contribution in [-0.4, -0.2) is 64.4 Å². The SMILES string of the molecule is CNC(=O)C[C@H](O)[C@H](C)Cc1nc2ccc(CO)cc2n1CCN(C)C. The van der Waals surface area contributed by atoms with Gasteiger partial charge >= 0.3 is 0 Å². The maximum atomic E-state index is 11.5. The summed E-state index contributed by atoms with van der Waals surface area (Å²) >= 11 is 0. The molecule has 0 bridgehead atoms. The smallest absolute Gasteiger partial charge is 0.222 e. The Balaban J connectivity index is 2.29. The van der Waals surface area contributed by atoms with Gasteiger partial charge in [0.2, 0.25) is 5.91 Å². The van der Waals surface area contributed by atoms with E-state index in [1.54, 1.807) is 7.05 Å². The summed E-state index contributed by atoms with van der Waals surface area (Å²) in [5.74, 6) is 0.623. The van der Waals surface area contributed by atoms with Gasteiger partial charge in [-0.15, -0.1) is 0 Å². The second-order valence-electron chi connectivity index (χ2n) is 7.09. The number of benzene rings is 1. The number of imidazole rings is 1. The van der Waals surface area contributed by atoms with Crippen molar-refractivity contribution in [2.24, 2.45) is 5.92 Å². The summed E-state index contributed by atoms with van der Waals surface area (Å²) in [5, 5.41) is 22.3. The zero-order valence-electron chi connectivity index (χ0n) is 16.1. The number of amides is 1. The molecule has 144 valence electrons. The van der Waals surface area contributed by atoms with Gasteiger partial charge in [-0.2, -0.15) is 0 Å². The maximum absolute atomic E-state index is 11.5. The molecule has 1 aromatic carbocycles. The predicted octanol–water partition coefficient (Wildman–Crippen LogP) is 0.766. The van der Waals surface area contributed by atoms with Crippen LogP contribution in [-0.2, 0) is 24.4 Å². The minimum Gasteiger partial charge on any atom is -0.392 e. The van der Waals surface area contributed by atoms with E-state index in [9.17, 15) is 15.0 Å². The Morgan fingerprint density at radius 3 is 2.73 bits per heavy atom. The molecule has 0 spiro atoms. The third-order valence-corrected chi connectivity index (χ3v) is 4.68. The van der Waals surface area contributed by atoms with Crippen LogP contribution in [0.2, 0.25) is 0 Å². The molecule has 0 aliphatic carbocycles. The van der Waals surface area contributed by atoms with E-state index in [2.05, 4.69) is 14.8 Å². The molecule has 0 fully saturated rings. The molecule has 0 saturated carbocycles. The van der Waals surface area contributed by atoms with E-state index in [1.165, 1.54) is 0 Å². The lowest BCUT2D eigenvalue weighted by Gasteiger charge is -2.19. The average Bonchev–Trinajstić information content (AvgIpc) is 2.95. The van der Waals surface area contributed by atoms with Crippen molar-refractivity contribution in [3.05, 3.63) is 29.6 Å². The molecule has 0 radical (unpaired) electrons. The Kier molecular flexibility index (Phi) is 7.14. The van der Waals surface area contributed by atoms with Gasteiger partial charge in [-0.1, -0.05) is 13.0 Å². The summed E-state index contributed by atoms with van der Waals surface area (Å²) in [4.78, 5) is 18.4. The zero-order chi connectivity index (χ0) is 19.3. The number of nitrogens with zero attached hydrogens (tertiary/aromatic N) is 3. The van der Waals surface area contributed by atoms with Gasteiger partial charge in [0, 0.05) is 26.6 Å². The van der Waals surface area contributed by atoms with E-state index in [0.29, 0.717) is 6.42 Å². The van der Waals surface area contributed by atoms with Gasteiger partial charge in [0.25, 0.3) is 0 Å². The van der Waals surface area contributed by atoms with Gasteiger partial charge in [-0.05, 0) is 37.7 Å². The zero-order valence-corrected chi connectivity index (χ0v) is 16.1. The molecule has 2 aromatic rings. The number of aliphatic hydroxyl groups excluding tert-OH is 2. The summed E-state index contributed by atoms with van der Waals surface area (Å²) in [7, 11) is 5.61. The molecule has 7 nitrogen and oxygen atoms in total. The first kappa shape index (κ1) is 20.4. The van der Waals surface area contributed by atoms with E-state index in [0.717, 1.165) is 35.5 Å².